The Kier molecular flexibility index (Phi) is 5.74. The molecule has 20 heavy (non-hydrogen) atoms. The summed E-state index contributed by atoms with van der Waals surface area (Å²) in [7, 11) is 0. The fraction of sp³-hybridized carbons (Fsp3) is 0.857. The van der Waals surface area contributed by atoms with Crippen LogP contribution in [0.4, 0.5) is 0 Å². The van der Waals surface area contributed by atoms with Gasteiger partial charge in [-0.05, 0) is 19.3 Å². The van der Waals surface area contributed by atoms with Gasteiger partial charge in [0.05, 0.1) is 17.6 Å². The van der Waals surface area contributed by atoms with Crippen LogP contribution in [0.3, 0.4) is 0 Å². The van der Waals surface area contributed by atoms with Gasteiger partial charge in [-0.2, -0.15) is 0 Å². The molecule has 114 valence electrons. The first kappa shape index (κ1) is 15.7. The first-order chi connectivity index (χ1) is 9.60. The van der Waals surface area contributed by atoms with E-state index in [1.54, 1.807) is 0 Å². The van der Waals surface area contributed by atoms with E-state index in [0.29, 0.717) is 17.6 Å². The van der Waals surface area contributed by atoms with Crippen molar-refractivity contribution in [3.8, 4) is 0 Å². The van der Waals surface area contributed by atoms with Crippen molar-refractivity contribution in [2.45, 2.75) is 44.7 Å². The molecule has 1 atom stereocenters. The van der Waals surface area contributed by atoms with Gasteiger partial charge >= 0.3 is 0 Å². The Morgan fingerprint density at radius 3 is 2.50 bits per heavy atom. The summed E-state index contributed by atoms with van der Waals surface area (Å²) >= 11 is 5.18. The minimum absolute atomic E-state index is 0.167. The van der Waals surface area contributed by atoms with Crippen molar-refractivity contribution in [2.75, 3.05) is 32.7 Å². The summed E-state index contributed by atoms with van der Waals surface area (Å²) in [6.07, 6.45) is 4.40. The molecule has 0 aromatic rings. The second-order valence-electron chi connectivity index (χ2n) is 5.86. The van der Waals surface area contributed by atoms with Gasteiger partial charge in [0.2, 0.25) is 5.91 Å². The predicted octanol–water partition coefficient (Wildman–Crippen LogP) is 0.337. The van der Waals surface area contributed by atoms with Crippen molar-refractivity contribution in [1.82, 2.24) is 15.1 Å². The summed E-state index contributed by atoms with van der Waals surface area (Å²) in [4.78, 5) is 17.0. The highest BCUT2D eigenvalue weighted by molar-refractivity contribution is 7.80. The Hall–Kier alpha value is -0.720. The highest BCUT2D eigenvalue weighted by Crippen LogP contribution is 2.18. The highest BCUT2D eigenvalue weighted by atomic mass is 32.1. The lowest BCUT2D eigenvalue weighted by Gasteiger charge is -2.38. The van der Waals surface area contributed by atoms with Crippen LogP contribution in [0.5, 0.6) is 0 Å². The Labute approximate surface area is 126 Å². The van der Waals surface area contributed by atoms with E-state index in [1.165, 1.54) is 0 Å². The van der Waals surface area contributed by atoms with E-state index in [9.17, 15) is 4.79 Å². The fourth-order valence-electron chi connectivity index (χ4n) is 2.72. The summed E-state index contributed by atoms with van der Waals surface area (Å²) in [6, 6.07) is 0.671. The van der Waals surface area contributed by atoms with Crippen molar-refractivity contribution in [3.63, 3.8) is 0 Å². The molecule has 1 aliphatic carbocycles. The van der Waals surface area contributed by atoms with Gasteiger partial charge < -0.3 is 11.1 Å². The first-order valence-corrected chi connectivity index (χ1v) is 8.06. The third-order valence-electron chi connectivity index (χ3n) is 4.05. The predicted molar refractivity (Wildman–Crippen MR) is 84.7 cm³/mol. The van der Waals surface area contributed by atoms with Gasteiger partial charge in [-0.25, -0.2) is 0 Å². The van der Waals surface area contributed by atoms with E-state index < -0.39 is 0 Å². The number of nitrogens with two attached hydrogens (primary N) is 1. The lowest BCUT2D eigenvalue weighted by Crippen LogP contribution is -2.55. The van der Waals surface area contributed by atoms with Gasteiger partial charge in [-0.15, -0.1) is 0 Å². The molecule has 5 nitrogen and oxygen atoms in total. The Balaban J connectivity index is 1.73. The molecule has 2 aliphatic rings. The van der Waals surface area contributed by atoms with Gasteiger partial charge in [0, 0.05) is 32.2 Å². The zero-order valence-corrected chi connectivity index (χ0v) is 13.1. The molecule has 1 amide bonds. The van der Waals surface area contributed by atoms with E-state index in [-0.39, 0.29) is 11.9 Å². The number of amides is 1. The van der Waals surface area contributed by atoms with Crippen molar-refractivity contribution < 1.29 is 4.79 Å². The van der Waals surface area contributed by atoms with Crippen LogP contribution >= 0.6 is 12.2 Å². The maximum absolute atomic E-state index is 11.8. The van der Waals surface area contributed by atoms with E-state index >= 15 is 0 Å². The fourth-order valence-corrected chi connectivity index (χ4v) is 2.98. The largest absolute Gasteiger partial charge is 0.392 e. The molecule has 1 aliphatic heterocycles. The van der Waals surface area contributed by atoms with Crippen LogP contribution in [-0.4, -0.2) is 65.5 Å². The normalized spacial score (nSPS) is 22.4. The first-order valence-electron chi connectivity index (χ1n) is 7.65. The lowest BCUT2D eigenvalue weighted by atomic mass is 10.1. The number of hydrogen-bond acceptors (Lipinski definition) is 4. The van der Waals surface area contributed by atoms with E-state index in [0.717, 1.165) is 51.9 Å². The van der Waals surface area contributed by atoms with Crippen molar-refractivity contribution >= 4 is 23.1 Å². The number of rotatable bonds is 7. The average Bonchev–Trinajstić information content (AvgIpc) is 3.20. The van der Waals surface area contributed by atoms with Crippen LogP contribution in [0.15, 0.2) is 0 Å². The van der Waals surface area contributed by atoms with Crippen LogP contribution in [0.1, 0.15) is 32.6 Å². The molecule has 0 aromatic heterocycles. The van der Waals surface area contributed by atoms with Crippen LogP contribution in [0.25, 0.3) is 0 Å². The SMILES string of the molecule is CCCC(C(N)=S)N1CCN(CC(=O)NC2CC2)CC1. The summed E-state index contributed by atoms with van der Waals surface area (Å²) in [5, 5.41) is 3.04. The number of thiocarbonyl (C=S) groups is 1. The molecule has 6 heteroatoms. The van der Waals surface area contributed by atoms with Gasteiger partial charge in [0.15, 0.2) is 0 Å². The summed E-state index contributed by atoms with van der Waals surface area (Å²) in [6.45, 7) is 6.40. The van der Waals surface area contributed by atoms with Crippen LogP contribution in [-0.2, 0) is 4.79 Å². The summed E-state index contributed by atoms with van der Waals surface area (Å²) in [5.41, 5.74) is 5.84. The third-order valence-corrected chi connectivity index (χ3v) is 4.32. The number of nitrogens with one attached hydrogen (secondary N) is 1. The average molecular weight is 298 g/mol. The zero-order chi connectivity index (χ0) is 14.5. The molecule has 0 radical (unpaired) electrons. The molecule has 2 fully saturated rings. The van der Waals surface area contributed by atoms with Crippen LogP contribution < -0.4 is 11.1 Å². The quantitative estimate of drug-likeness (QED) is 0.664. The second-order valence-corrected chi connectivity index (χ2v) is 6.33. The molecule has 1 unspecified atom stereocenters. The molecule has 3 N–H and O–H groups in total. The van der Waals surface area contributed by atoms with Crippen molar-refractivity contribution in [3.05, 3.63) is 0 Å². The van der Waals surface area contributed by atoms with Gasteiger partial charge in [-0.1, -0.05) is 25.6 Å². The van der Waals surface area contributed by atoms with Crippen molar-refractivity contribution in [1.29, 1.82) is 0 Å². The van der Waals surface area contributed by atoms with Crippen LogP contribution in [0.2, 0.25) is 0 Å². The molecule has 0 spiro atoms. The number of carbonyl (C=O) groups excluding carboxylic acids is 1. The smallest absolute Gasteiger partial charge is 0.234 e. The van der Waals surface area contributed by atoms with E-state index in [1.807, 2.05) is 0 Å². The summed E-state index contributed by atoms with van der Waals surface area (Å²) < 4.78 is 0. The monoisotopic (exact) mass is 298 g/mol. The second kappa shape index (κ2) is 7.33. The Morgan fingerprint density at radius 1 is 1.35 bits per heavy atom. The molecule has 2 rings (SSSR count). The van der Waals surface area contributed by atoms with E-state index in [2.05, 4.69) is 22.0 Å². The number of hydrogen-bond donors (Lipinski definition) is 2. The minimum Gasteiger partial charge on any atom is -0.392 e. The van der Waals surface area contributed by atoms with Gasteiger partial charge in [0.25, 0.3) is 0 Å². The lowest BCUT2D eigenvalue weighted by molar-refractivity contribution is -0.122. The topological polar surface area (TPSA) is 61.6 Å². The molecule has 0 bridgehead atoms. The zero-order valence-electron chi connectivity index (χ0n) is 12.3. The van der Waals surface area contributed by atoms with Gasteiger partial charge in [0.1, 0.15) is 0 Å². The number of piperazine rings is 1. The molecular formula is C14H26N4OS. The highest BCUT2D eigenvalue weighted by Gasteiger charge is 2.27. The molecule has 1 saturated carbocycles. The third kappa shape index (κ3) is 4.68. The van der Waals surface area contributed by atoms with Crippen molar-refractivity contribution in [2.24, 2.45) is 5.73 Å². The molecule has 1 heterocycles. The molecular weight excluding hydrogens is 272 g/mol. The van der Waals surface area contributed by atoms with E-state index in [4.69, 9.17) is 18.0 Å². The maximum Gasteiger partial charge on any atom is 0.234 e. The van der Waals surface area contributed by atoms with Gasteiger partial charge in [-0.3, -0.25) is 14.6 Å². The summed E-state index contributed by atoms with van der Waals surface area (Å²) in [5.74, 6) is 0.167. The molecule has 0 aromatic carbocycles. The number of nitrogens with zero attached hydrogens (tertiary/aromatic N) is 2. The minimum atomic E-state index is 0.167. The Morgan fingerprint density at radius 2 is 2.00 bits per heavy atom. The number of carbonyl (C=O) groups is 1. The molecule has 1 saturated heterocycles. The standard InChI is InChI=1S/C14H26N4OS/c1-2-3-12(14(15)20)18-8-6-17(7-9-18)10-13(19)16-11-4-5-11/h11-12H,2-10H2,1H3,(H2,15,20)(H,16,19). The van der Waals surface area contributed by atoms with Crippen LogP contribution in [0, 0.1) is 0 Å². The maximum atomic E-state index is 11.8. The Bertz CT molecular complexity index is 351.